The topological polar surface area (TPSA) is 78.5 Å². The number of methoxy groups -OCH3 is 1. The molecule has 0 aromatic carbocycles. The SMILES string of the molecule is COc1c(N2CCCC(CCO)C2)nc[nH]c1=O. The van der Waals surface area contributed by atoms with E-state index in [1.807, 2.05) is 0 Å². The first-order valence-electron chi connectivity index (χ1n) is 6.23. The van der Waals surface area contributed by atoms with Gasteiger partial charge >= 0.3 is 0 Å². The van der Waals surface area contributed by atoms with E-state index in [-0.39, 0.29) is 17.9 Å². The lowest BCUT2D eigenvalue weighted by Gasteiger charge is -2.33. The average Bonchev–Trinajstić information content (AvgIpc) is 2.39. The lowest BCUT2D eigenvalue weighted by Crippen LogP contribution is -2.37. The summed E-state index contributed by atoms with van der Waals surface area (Å²) in [7, 11) is 1.48. The van der Waals surface area contributed by atoms with Crippen molar-refractivity contribution in [3.63, 3.8) is 0 Å². The number of rotatable bonds is 4. The number of hydrogen-bond acceptors (Lipinski definition) is 5. The largest absolute Gasteiger partial charge is 0.489 e. The molecule has 6 heteroatoms. The zero-order valence-electron chi connectivity index (χ0n) is 10.6. The van der Waals surface area contributed by atoms with Gasteiger partial charge in [0.2, 0.25) is 5.75 Å². The van der Waals surface area contributed by atoms with Crippen LogP contribution in [0.2, 0.25) is 0 Å². The second-order valence-corrected chi connectivity index (χ2v) is 4.56. The quantitative estimate of drug-likeness (QED) is 0.811. The highest BCUT2D eigenvalue weighted by atomic mass is 16.5. The number of nitrogens with one attached hydrogen (secondary N) is 1. The Kier molecular flexibility index (Phi) is 4.19. The van der Waals surface area contributed by atoms with Crippen LogP contribution in [0.15, 0.2) is 11.1 Å². The lowest BCUT2D eigenvalue weighted by atomic mass is 9.95. The third-order valence-electron chi connectivity index (χ3n) is 3.35. The molecule has 0 amide bonds. The van der Waals surface area contributed by atoms with Crippen molar-refractivity contribution in [1.82, 2.24) is 9.97 Å². The summed E-state index contributed by atoms with van der Waals surface area (Å²) in [5, 5.41) is 9.01. The summed E-state index contributed by atoms with van der Waals surface area (Å²) in [6.45, 7) is 1.89. The lowest BCUT2D eigenvalue weighted by molar-refractivity contribution is 0.243. The van der Waals surface area contributed by atoms with Crippen LogP contribution >= 0.6 is 0 Å². The highest BCUT2D eigenvalue weighted by Gasteiger charge is 2.23. The Morgan fingerprint density at radius 2 is 2.50 bits per heavy atom. The second kappa shape index (κ2) is 5.86. The molecule has 100 valence electrons. The zero-order valence-corrected chi connectivity index (χ0v) is 10.6. The van der Waals surface area contributed by atoms with E-state index in [0.717, 1.165) is 32.4 Å². The van der Waals surface area contributed by atoms with Crippen molar-refractivity contribution in [2.24, 2.45) is 5.92 Å². The number of aliphatic hydroxyl groups excluding tert-OH is 1. The zero-order chi connectivity index (χ0) is 13.0. The van der Waals surface area contributed by atoms with Gasteiger partial charge in [0, 0.05) is 19.7 Å². The fourth-order valence-electron chi connectivity index (χ4n) is 2.46. The number of piperidine rings is 1. The molecule has 1 aliphatic heterocycles. The molecule has 1 aromatic rings. The molecule has 18 heavy (non-hydrogen) atoms. The number of anilines is 1. The summed E-state index contributed by atoms with van der Waals surface area (Å²) in [5.74, 6) is 1.32. The average molecular weight is 253 g/mol. The van der Waals surface area contributed by atoms with Gasteiger partial charge in [0.25, 0.3) is 5.56 Å². The van der Waals surface area contributed by atoms with Crippen molar-refractivity contribution in [2.75, 3.05) is 31.7 Å². The first-order chi connectivity index (χ1) is 8.76. The van der Waals surface area contributed by atoms with Crippen LogP contribution in [-0.4, -0.2) is 41.9 Å². The van der Waals surface area contributed by atoms with Gasteiger partial charge in [-0.2, -0.15) is 0 Å². The van der Waals surface area contributed by atoms with Gasteiger partial charge in [0.1, 0.15) is 0 Å². The van der Waals surface area contributed by atoms with E-state index in [2.05, 4.69) is 14.9 Å². The molecule has 0 spiro atoms. The van der Waals surface area contributed by atoms with Gasteiger partial charge in [-0.3, -0.25) is 4.79 Å². The molecule has 0 radical (unpaired) electrons. The number of aromatic nitrogens is 2. The minimum Gasteiger partial charge on any atom is -0.489 e. The molecule has 1 aromatic heterocycles. The summed E-state index contributed by atoms with van der Waals surface area (Å²) < 4.78 is 5.13. The number of H-pyrrole nitrogens is 1. The Labute approximate surface area is 106 Å². The van der Waals surface area contributed by atoms with Gasteiger partial charge in [-0.25, -0.2) is 4.98 Å². The van der Waals surface area contributed by atoms with E-state index < -0.39 is 0 Å². The Bertz CT molecular complexity index is 444. The van der Waals surface area contributed by atoms with E-state index in [4.69, 9.17) is 9.84 Å². The Morgan fingerprint density at radius 3 is 3.22 bits per heavy atom. The van der Waals surface area contributed by atoms with Crippen LogP contribution in [-0.2, 0) is 0 Å². The molecular formula is C12H19N3O3. The minimum atomic E-state index is -0.258. The van der Waals surface area contributed by atoms with Crippen LogP contribution in [0.1, 0.15) is 19.3 Å². The van der Waals surface area contributed by atoms with Gasteiger partial charge in [-0.1, -0.05) is 0 Å². The standard InChI is InChI=1S/C12H19N3O3/c1-18-10-11(13-8-14-12(10)17)15-5-2-3-9(7-15)4-6-16/h8-9,16H,2-7H2,1H3,(H,13,14,17). The monoisotopic (exact) mass is 253 g/mol. The molecule has 2 rings (SSSR count). The molecule has 2 heterocycles. The van der Waals surface area contributed by atoms with Gasteiger partial charge in [0.15, 0.2) is 5.82 Å². The Balaban J connectivity index is 2.20. The normalized spacial score (nSPS) is 19.9. The van der Waals surface area contributed by atoms with Crippen molar-refractivity contribution < 1.29 is 9.84 Å². The maximum absolute atomic E-state index is 11.6. The van der Waals surface area contributed by atoms with Crippen LogP contribution in [0.5, 0.6) is 5.75 Å². The third kappa shape index (κ3) is 2.64. The molecule has 0 aliphatic carbocycles. The second-order valence-electron chi connectivity index (χ2n) is 4.56. The van der Waals surface area contributed by atoms with Crippen molar-refractivity contribution in [3.8, 4) is 5.75 Å². The fourth-order valence-corrected chi connectivity index (χ4v) is 2.46. The predicted octanol–water partition coefficient (Wildman–Crippen LogP) is 0.377. The minimum absolute atomic E-state index is 0.207. The number of nitrogens with zero attached hydrogens (tertiary/aromatic N) is 2. The van der Waals surface area contributed by atoms with Crippen molar-refractivity contribution in [3.05, 3.63) is 16.7 Å². The summed E-state index contributed by atoms with van der Waals surface area (Å²) >= 11 is 0. The molecular weight excluding hydrogens is 234 g/mol. The van der Waals surface area contributed by atoms with Crippen LogP contribution in [0, 0.1) is 5.92 Å². The van der Waals surface area contributed by atoms with E-state index in [0.29, 0.717) is 11.7 Å². The number of ether oxygens (including phenoxy) is 1. The number of aliphatic hydroxyl groups is 1. The van der Waals surface area contributed by atoms with Gasteiger partial charge in [-0.05, 0) is 25.2 Å². The molecule has 2 N–H and O–H groups in total. The van der Waals surface area contributed by atoms with Crippen LogP contribution in [0.25, 0.3) is 0 Å². The van der Waals surface area contributed by atoms with Crippen LogP contribution in [0.4, 0.5) is 5.82 Å². The first kappa shape index (κ1) is 12.9. The third-order valence-corrected chi connectivity index (χ3v) is 3.35. The molecule has 0 saturated carbocycles. The molecule has 1 unspecified atom stereocenters. The van der Waals surface area contributed by atoms with Gasteiger partial charge in [0.05, 0.1) is 13.4 Å². The predicted molar refractivity (Wildman–Crippen MR) is 68.0 cm³/mol. The highest BCUT2D eigenvalue weighted by molar-refractivity contribution is 5.50. The molecule has 1 atom stereocenters. The number of aromatic amines is 1. The molecule has 1 fully saturated rings. The van der Waals surface area contributed by atoms with E-state index in [9.17, 15) is 4.79 Å². The van der Waals surface area contributed by atoms with E-state index in [1.54, 1.807) is 0 Å². The first-order valence-corrected chi connectivity index (χ1v) is 6.23. The molecule has 1 saturated heterocycles. The van der Waals surface area contributed by atoms with Gasteiger partial charge in [-0.15, -0.1) is 0 Å². The summed E-state index contributed by atoms with van der Waals surface area (Å²) in [4.78, 5) is 20.4. The van der Waals surface area contributed by atoms with Gasteiger partial charge < -0.3 is 19.7 Å². The Hall–Kier alpha value is -1.56. The molecule has 0 bridgehead atoms. The van der Waals surface area contributed by atoms with Crippen molar-refractivity contribution in [2.45, 2.75) is 19.3 Å². The van der Waals surface area contributed by atoms with Crippen molar-refractivity contribution in [1.29, 1.82) is 0 Å². The summed E-state index contributed by atoms with van der Waals surface area (Å²) in [6.07, 6.45) is 4.35. The maximum Gasteiger partial charge on any atom is 0.295 e. The van der Waals surface area contributed by atoms with Crippen LogP contribution in [0.3, 0.4) is 0 Å². The van der Waals surface area contributed by atoms with Crippen LogP contribution < -0.4 is 15.2 Å². The molecule has 6 nitrogen and oxygen atoms in total. The molecule has 1 aliphatic rings. The van der Waals surface area contributed by atoms with E-state index in [1.165, 1.54) is 13.4 Å². The van der Waals surface area contributed by atoms with Crippen molar-refractivity contribution >= 4 is 5.82 Å². The maximum atomic E-state index is 11.6. The van der Waals surface area contributed by atoms with E-state index >= 15 is 0 Å². The fraction of sp³-hybridized carbons (Fsp3) is 0.667. The Morgan fingerprint density at radius 1 is 1.67 bits per heavy atom. The highest BCUT2D eigenvalue weighted by Crippen LogP contribution is 2.27. The summed E-state index contributed by atoms with van der Waals surface area (Å²) in [5.41, 5.74) is -0.258. The number of hydrogen-bond donors (Lipinski definition) is 2. The summed E-state index contributed by atoms with van der Waals surface area (Å²) in [6, 6.07) is 0. The smallest absolute Gasteiger partial charge is 0.295 e.